The number of aromatic nitrogens is 6. The lowest BCUT2D eigenvalue weighted by molar-refractivity contribution is -0.115. The molecule has 0 saturated heterocycles. The number of rotatable bonds is 5. The summed E-state index contributed by atoms with van der Waals surface area (Å²) in [5, 5.41) is 21.0. The normalized spacial score (nSPS) is 11.3. The number of benzene rings is 2. The molecule has 0 aliphatic heterocycles. The third kappa shape index (κ3) is 4.14. The van der Waals surface area contributed by atoms with Gasteiger partial charge in [0.15, 0.2) is 11.5 Å². The number of hydrogen-bond acceptors (Lipinski definition) is 6. The predicted octanol–water partition coefficient (Wildman–Crippen LogP) is 5.42. The summed E-state index contributed by atoms with van der Waals surface area (Å²) in [7, 11) is 0. The molecular formula is C27H20FN7O2. The van der Waals surface area contributed by atoms with Crippen LogP contribution in [0.1, 0.15) is 13.3 Å². The van der Waals surface area contributed by atoms with Gasteiger partial charge in [0.25, 0.3) is 0 Å². The smallest absolute Gasteiger partial charge is 0.224 e. The highest BCUT2D eigenvalue weighted by Crippen LogP contribution is 2.34. The first kappa shape index (κ1) is 22.4. The van der Waals surface area contributed by atoms with Crippen LogP contribution in [-0.4, -0.2) is 41.1 Å². The molecule has 182 valence electrons. The van der Waals surface area contributed by atoms with E-state index in [1.807, 2.05) is 24.3 Å². The molecule has 4 N–H and O–H groups in total. The Bertz CT molecular complexity index is 1790. The fourth-order valence-corrected chi connectivity index (χ4v) is 4.28. The molecule has 0 radical (unpaired) electrons. The average molecular weight is 494 g/mol. The van der Waals surface area contributed by atoms with Crippen LogP contribution in [0.2, 0.25) is 0 Å². The molecule has 0 aliphatic rings. The van der Waals surface area contributed by atoms with E-state index < -0.39 is 5.82 Å². The average Bonchev–Trinajstić information content (AvgIpc) is 3.51. The SMILES string of the molecule is CCC(=O)Nc1cncc(-c2ccc3[nH]nc(-c4nc5nccc(-c6cc(O)cc(F)c6)c5[nH]4)c3c2)c1. The highest BCUT2D eigenvalue weighted by atomic mass is 19.1. The van der Waals surface area contributed by atoms with Crippen LogP contribution in [0.4, 0.5) is 10.1 Å². The molecule has 1 amide bonds. The standard InChI is InChI=1S/C27H20FN7O2/c1-2-23(37)31-18-8-16(12-29-13-18)14-3-4-22-21(10-14)25(35-34-22)27-32-24-20(5-6-30-26(24)33-27)15-7-17(28)11-19(36)9-15/h3-13,36H,2H2,1H3,(H,31,37)(H,34,35)(H,30,32,33). The summed E-state index contributed by atoms with van der Waals surface area (Å²) in [6.07, 6.45) is 5.30. The number of phenolic OH excluding ortho intramolecular Hbond substituents is 1. The Hall–Kier alpha value is -5.12. The number of aromatic amines is 2. The molecule has 2 aromatic carbocycles. The van der Waals surface area contributed by atoms with E-state index in [0.717, 1.165) is 28.1 Å². The molecule has 37 heavy (non-hydrogen) atoms. The zero-order valence-electron chi connectivity index (χ0n) is 19.6. The quantitative estimate of drug-likeness (QED) is 0.253. The summed E-state index contributed by atoms with van der Waals surface area (Å²) in [5.41, 5.74) is 5.93. The van der Waals surface area contributed by atoms with E-state index in [0.29, 0.717) is 45.9 Å². The van der Waals surface area contributed by atoms with Gasteiger partial charge >= 0.3 is 0 Å². The molecule has 0 atom stereocenters. The van der Waals surface area contributed by atoms with Crippen molar-refractivity contribution in [3.05, 3.63) is 72.9 Å². The number of amides is 1. The number of carbonyl (C=O) groups is 1. The van der Waals surface area contributed by atoms with Crippen molar-refractivity contribution in [1.82, 2.24) is 30.1 Å². The number of anilines is 1. The first-order chi connectivity index (χ1) is 18.0. The Morgan fingerprint density at radius 3 is 2.78 bits per heavy atom. The third-order valence-corrected chi connectivity index (χ3v) is 6.05. The molecule has 0 bridgehead atoms. The van der Waals surface area contributed by atoms with Crippen LogP contribution in [0.5, 0.6) is 5.75 Å². The van der Waals surface area contributed by atoms with Crippen LogP contribution in [-0.2, 0) is 4.79 Å². The Morgan fingerprint density at radius 1 is 1.05 bits per heavy atom. The lowest BCUT2D eigenvalue weighted by Gasteiger charge is -2.06. The molecule has 0 fully saturated rings. The molecule has 0 aliphatic carbocycles. The summed E-state index contributed by atoms with van der Waals surface area (Å²) in [6.45, 7) is 1.79. The number of fused-ring (bicyclic) bond motifs is 2. The molecule has 0 spiro atoms. The Kier molecular flexibility index (Phi) is 5.33. The minimum Gasteiger partial charge on any atom is -0.508 e. The Balaban J connectivity index is 1.43. The zero-order valence-corrected chi connectivity index (χ0v) is 19.6. The molecule has 0 unspecified atom stereocenters. The van der Waals surface area contributed by atoms with Crippen molar-refractivity contribution in [2.45, 2.75) is 13.3 Å². The van der Waals surface area contributed by atoms with Crippen LogP contribution < -0.4 is 5.32 Å². The molecule has 4 aromatic heterocycles. The summed E-state index contributed by atoms with van der Waals surface area (Å²) in [5.74, 6) is -0.310. The zero-order chi connectivity index (χ0) is 25.5. The van der Waals surface area contributed by atoms with E-state index in [2.05, 4.69) is 35.5 Å². The van der Waals surface area contributed by atoms with Crippen LogP contribution >= 0.6 is 0 Å². The van der Waals surface area contributed by atoms with Gasteiger partial charge in [-0.3, -0.25) is 14.9 Å². The van der Waals surface area contributed by atoms with Gasteiger partial charge in [0, 0.05) is 41.4 Å². The van der Waals surface area contributed by atoms with Crippen molar-refractivity contribution in [2.75, 3.05) is 5.32 Å². The fraction of sp³-hybridized carbons (Fsp3) is 0.0741. The third-order valence-electron chi connectivity index (χ3n) is 6.05. The number of H-pyrrole nitrogens is 2. The summed E-state index contributed by atoms with van der Waals surface area (Å²) >= 11 is 0. The van der Waals surface area contributed by atoms with Gasteiger partial charge in [0.2, 0.25) is 5.91 Å². The Morgan fingerprint density at radius 2 is 1.95 bits per heavy atom. The second-order valence-corrected chi connectivity index (χ2v) is 8.54. The second-order valence-electron chi connectivity index (χ2n) is 8.54. The maximum atomic E-state index is 14.0. The van der Waals surface area contributed by atoms with E-state index in [1.54, 1.807) is 31.6 Å². The minimum absolute atomic E-state index is 0.0853. The van der Waals surface area contributed by atoms with E-state index in [-0.39, 0.29) is 11.7 Å². The van der Waals surface area contributed by atoms with Gasteiger partial charge in [0.05, 0.1) is 22.9 Å². The van der Waals surface area contributed by atoms with Crippen molar-refractivity contribution >= 4 is 33.7 Å². The number of nitrogens with zero attached hydrogens (tertiary/aromatic N) is 4. The highest BCUT2D eigenvalue weighted by Gasteiger charge is 2.17. The maximum Gasteiger partial charge on any atom is 0.224 e. The van der Waals surface area contributed by atoms with Crippen LogP contribution in [0.15, 0.2) is 67.1 Å². The first-order valence-corrected chi connectivity index (χ1v) is 11.6. The number of phenols is 1. The lowest BCUT2D eigenvalue weighted by atomic mass is 10.0. The van der Waals surface area contributed by atoms with Gasteiger partial charge in [-0.1, -0.05) is 13.0 Å². The number of aromatic hydroxyl groups is 1. The molecule has 10 heteroatoms. The maximum absolute atomic E-state index is 14.0. The topological polar surface area (TPSA) is 132 Å². The molecular weight excluding hydrogens is 473 g/mol. The van der Waals surface area contributed by atoms with Crippen LogP contribution in [0.25, 0.3) is 55.8 Å². The minimum atomic E-state index is -0.543. The predicted molar refractivity (Wildman–Crippen MR) is 138 cm³/mol. The van der Waals surface area contributed by atoms with Gasteiger partial charge in [0.1, 0.15) is 17.3 Å². The van der Waals surface area contributed by atoms with Crippen molar-refractivity contribution in [3.63, 3.8) is 0 Å². The molecule has 0 saturated carbocycles. The molecule has 4 heterocycles. The number of imidazole rings is 1. The van der Waals surface area contributed by atoms with E-state index in [1.165, 1.54) is 12.1 Å². The molecule has 9 nitrogen and oxygen atoms in total. The molecule has 6 aromatic rings. The van der Waals surface area contributed by atoms with Gasteiger partial charge in [-0.05, 0) is 47.5 Å². The number of carbonyl (C=O) groups excluding carboxylic acids is 1. The Labute approximate surface area is 209 Å². The van der Waals surface area contributed by atoms with Gasteiger partial charge in [-0.25, -0.2) is 14.4 Å². The first-order valence-electron chi connectivity index (χ1n) is 11.6. The lowest BCUT2D eigenvalue weighted by Crippen LogP contribution is -2.09. The number of nitrogens with one attached hydrogen (secondary N) is 3. The summed E-state index contributed by atoms with van der Waals surface area (Å²) in [6, 6.07) is 13.3. The summed E-state index contributed by atoms with van der Waals surface area (Å²) < 4.78 is 14.0. The van der Waals surface area contributed by atoms with Crippen molar-refractivity contribution in [1.29, 1.82) is 0 Å². The van der Waals surface area contributed by atoms with E-state index in [9.17, 15) is 14.3 Å². The van der Waals surface area contributed by atoms with Crippen molar-refractivity contribution < 1.29 is 14.3 Å². The van der Waals surface area contributed by atoms with Crippen molar-refractivity contribution in [3.8, 4) is 39.5 Å². The van der Waals surface area contributed by atoms with E-state index >= 15 is 0 Å². The van der Waals surface area contributed by atoms with E-state index in [4.69, 9.17) is 0 Å². The highest BCUT2D eigenvalue weighted by molar-refractivity contribution is 5.98. The van der Waals surface area contributed by atoms with Crippen molar-refractivity contribution in [2.24, 2.45) is 0 Å². The van der Waals surface area contributed by atoms with Gasteiger partial charge in [-0.15, -0.1) is 0 Å². The fourth-order valence-electron chi connectivity index (χ4n) is 4.28. The molecule has 6 rings (SSSR count). The van der Waals surface area contributed by atoms with Crippen LogP contribution in [0, 0.1) is 5.82 Å². The monoisotopic (exact) mass is 493 g/mol. The summed E-state index contributed by atoms with van der Waals surface area (Å²) in [4.78, 5) is 28.3. The number of halogens is 1. The number of pyridine rings is 2. The number of hydrogen-bond donors (Lipinski definition) is 4. The van der Waals surface area contributed by atoms with Gasteiger partial charge < -0.3 is 15.4 Å². The van der Waals surface area contributed by atoms with Crippen LogP contribution in [0.3, 0.4) is 0 Å². The second kappa shape index (κ2) is 8.83. The largest absolute Gasteiger partial charge is 0.508 e. The van der Waals surface area contributed by atoms with Gasteiger partial charge in [-0.2, -0.15) is 5.10 Å².